The first-order valence-electron chi connectivity index (χ1n) is 4.62. The third-order valence-corrected chi connectivity index (χ3v) is 3.05. The van der Waals surface area contributed by atoms with Crippen LogP contribution >= 0.6 is 0 Å². The van der Waals surface area contributed by atoms with E-state index in [2.05, 4.69) is 19.1 Å². The van der Waals surface area contributed by atoms with Gasteiger partial charge in [-0.05, 0) is 18.2 Å². The van der Waals surface area contributed by atoms with E-state index in [1.165, 1.54) is 18.5 Å². The molecular formula is C9H7N3O5S. The van der Waals surface area contributed by atoms with Gasteiger partial charge in [0.15, 0.2) is 0 Å². The molecule has 0 aliphatic heterocycles. The zero-order chi connectivity index (χ0) is 13.2. The second-order valence-electron chi connectivity index (χ2n) is 3.10. The third kappa shape index (κ3) is 2.46. The van der Waals surface area contributed by atoms with Crippen molar-refractivity contribution in [1.82, 2.24) is 9.97 Å². The topological polar surface area (TPSA) is 122 Å². The molecule has 2 aromatic rings. The lowest BCUT2D eigenvalue weighted by molar-refractivity contribution is 0.0656. The molecule has 0 aliphatic carbocycles. The number of nitrogens with zero attached hydrogens (tertiary/aromatic N) is 2. The SMILES string of the molecule is O=C(O)c1ccc(S(=O)(=O)Nc2ncccn2)o1. The highest BCUT2D eigenvalue weighted by molar-refractivity contribution is 7.92. The van der Waals surface area contributed by atoms with Crippen LogP contribution in [0.1, 0.15) is 10.6 Å². The highest BCUT2D eigenvalue weighted by Crippen LogP contribution is 2.16. The lowest BCUT2D eigenvalue weighted by atomic mass is 10.5. The zero-order valence-electron chi connectivity index (χ0n) is 8.77. The van der Waals surface area contributed by atoms with Crippen LogP contribution in [0, 0.1) is 0 Å². The molecule has 0 spiro atoms. The summed E-state index contributed by atoms with van der Waals surface area (Å²) in [5, 5.41) is 8.10. The molecule has 94 valence electrons. The summed E-state index contributed by atoms with van der Waals surface area (Å²) < 4.78 is 30.2. The number of aromatic nitrogens is 2. The summed E-state index contributed by atoms with van der Waals surface area (Å²) in [6, 6.07) is 3.60. The summed E-state index contributed by atoms with van der Waals surface area (Å²) in [5.41, 5.74) is 0. The highest BCUT2D eigenvalue weighted by Gasteiger charge is 2.21. The maximum atomic E-state index is 11.8. The monoisotopic (exact) mass is 269 g/mol. The van der Waals surface area contributed by atoms with Crippen molar-refractivity contribution in [3.8, 4) is 0 Å². The Morgan fingerprint density at radius 1 is 1.28 bits per heavy atom. The van der Waals surface area contributed by atoms with Crippen LogP contribution in [-0.4, -0.2) is 29.5 Å². The quantitative estimate of drug-likeness (QED) is 0.831. The highest BCUT2D eigenvalue weighted by atomic mass is 32.2. The lowest BCUT2D eigenvalue weighted by Crippen LogP contribution is -2.14. The molecule has 0 aromatic carbocycles. The van der Waals surface area contributed by atoms with Crippen LogP contribution in [0.4, 0.5) is 5.95 Å². The van der Waals surface area contributed by atoms with Crippen LogP contribution in [0.2, 0.25) is 0 Å². The molecule has 0 bridgehead atoms. The normalized spacial score (nSPS) is 11.1. The fourth-order valence-corrected chi connectivity index (χ4v) is 1.99. The molecule has 8 nitrogen and oxygen atoms in total. The molecule has 0 fully saturated rings. The second kappa shape index (κ2) is 4.45. The van der Waals surface area contributed by atoms with Crippen molar-refractivity contribution in [2.75, 3.05) is 4.72 Å². The van der Waals surface area contributed by atoms with Gasteiger partial charge < -0.3 is 9.52 Å². The maximum Gasteiger partial charge on any atom is 0.371 e. The van der Waals surface area contributed by atoms with E-state index >= 15 is 0 Å². The van der Waals surface area contributed by atoms with Crippen LogP contribution in [0.5, 0.6) is 0 Å². The predicted octanol–water partition coefficient (Wildman–Crippen LogP) is 0.569. The lowest BCUT2D eigenvalue weighted by Gasteiger charge is -2.02. The minimum Gasteiger partial charge on any atom is -0.475 e. The number of carbonyl (C=O) groups is 1. The first-order chi connectivity index (χ1) is 8.49. The van der Waals surface area contributed by atoms with Crippen LogP contribution < -0.4 is 4.72 Å². The van der Waals surface area contributed by atoms with Crippen molar-refractivity contribution in [1.29, 1.82) is 0 Å². The average Bonchev–Trinajstić information content (AvgIpc) is 2.79. The van der Waals surface area contributed by atoms with Gasteiger partial charge in [-0.1, -0.05) is 0 Å². The molecule has 18 heavy (non-hydrogen) atoms. The van der Waals surface area contributed by atoms with E-state index < -0.39 is 26.8 Å². The van der Waals surface area contributed by atoms with Crippen molar-refractivity contribution in [2.45, 2.75) is 5.09 Å². The van der Waals surface area contributed by atoms with Gasteiger partial charge in [-0.3, -0.25) is 0 Å². The number of hydrogen-bond donors (Lipinski definition) is 2. The minimum absolute atomic E-state index is 0.134. The summed E-state index contributed by atoms with van der Waals surface area (Å²) in [4.78, 5) is 17.9. The van der Waals surface area contributed by atoms with E-state index in [0.717, 1.165) is 12.1 Å². The third-order valence-electron chi connectivity index (χ3n) is 1.85. The molecule has 2 N–H and O–H groups in total. The van der Waals surface area contributed by atoms with Gasteiger partial charge in [0.1, 0.15) is 0 Å². The second-order valence-corrected chi connectivity index (χ2v) is 4.72. The smallest absolute Gasteiger partial charge is 0.371 e. The number of carboxylic acids is 1. The number of rotatable bonds is 4. The van der Waals surface area contributed by atoms with Gasteiger partial charge in [-0.25, -0.2) is 19.5 Å². The Kier molecular flexibility index (Phi) is 2.98. The van der Waals surface area contributed by atoms with Gasteiger partial charge in [0.2, 0.25) is 16.8 Å². The number of aromatic carboxylic acids is 1. The molecule has 2 aromatic heterocycles. The Balaban J connectivity index is 2.28. The van der Waals surface area contributed by atoms with Gasteiger partial charge in [0, 0.05) is 12.4 Å². The van der Waals surface area contributed by atoms with Gasteiger partial charge in [-0.2, -0.15) is 8.42 Å². The van der Waals surface area contributed by atoms with E-state index in [1.807, 2.05) is 0 Å². The van der Waals surface area contributed by atoms with Crippen LogP contribution in [0.15, 0.2) is 40.1 Å². The Morgan fingerprint density at radius 3 is 2.50 bits per heavy atom. The Labute approximate surface area is 101 Å². The molecule has 0 saturated heterocycles. The van der Waals surface area contributed by atoms with Crippen molar-refractivity contribution < 1.29 is 22.7 Å². The molecule has 0 saturated carbocycles. The number of sulfonamides is 1. The van der Waals surface area contributed by atoms with E-state index in [9.17, 15) is 13.2 Å². The standard InChI is InChI=1S/C9H7N3O5S/c13-8(14)6-2-3-7(17-6)18(15,16)12-9-10-4-1-5-11-9/h1-5H,(H,13,14)(H,10,11,12). The zero-order valence-corrected chi connectivity index (χ0v) is 9.59. The first kappa shape index (κ1) is 12.0. The van der Waals surface area contributed by atoms with Gasteiger partial charge in [0.25, 0.3) is 10.0 Å². The summed E-state index contributed by atoms with van der Waals surface area (Å²) in [7, 11) is -4.03. The Morgan fingerprint density at radius 2 is 1.94 bits per heavy atom. The Hall–Kier alpha value is -2.42. The van der Waals surface area contributed by atoms with Crippen LogP contribution in [0.3, 0.4) is 0 Å². The van der Waals surface area contributed by atoms with Gasteiger partial charge >= 0.3 is 5.97 Å². The number of nitrogens with one attached hydrogen (secondary N) is 1. The van der Waals surface area contributed by atoms with Crippen molar-refractivity contribution >= 4 is 21.9 Å². The van der Waals surface area contributed by atoms with Crippen molar-refractivity contribution in [3.63, 3.8) is 0 Å². The largest absolute Gasteiger partial charge is 0.475 e. The first-order valence-corrected chi connectivity index (χ1v) is 6.10. The molecule has 0 atom stereocenters. The van der Waals surface area contributed by atoms with E-state index in [0.29, 0.717) is 0 Å². The van der Waals surface area contributed by atoms with Crippen LogP contribution in [-0.2, 0) is 10.0 Å². The molecular weight excluding hydrogens is 262 g/mol. The molecule has 0 unspecified atom stereocenters. The number of anilines is 1. The number of carboxylic acid groups (broad SMARTS) is 1. The molecule has 2 rings (SSSR count). The average molecular weight is 269 g/mol. The predicted molar refractivity (Wildman–Crippen MR) is 58.5 cm³/mol. The number of furan rings is 1. The van der Waals surface area contributed by atoms with E-state index in [1.54, 1.807) is 0 Å². The van der Waals surface area contributed by atoms with Gasteiger partial charge in [0.05, 0.1) is 0 Å². The fourth-order valence-electron chi connectivity index (χ4n) is 1.10. The summed E-state index contributed by atoms with van der Waals surface area (Å²) in [6.45, 7) is 0. The summed E-state index contributed by atoms with van der Waals surface area (Å²) in [5.74, 6) is -1.96. The Bertz CT molecular complexity index is 665. The van der Waals surface area contributed by atoms with Gasteiger partial charge in [-0.15, -0.1) is 0 Å². The summed E-state index contributed by atoms with van der Waals surface area (Å²) in [6.07, 6.45) is 2.71. The van der Waals surface area contributed by atoms with Crippen LogP contribution in [0.25, 0.3) is 0 Å². The molecule has 9 heteroatoms. The molecule has 0 radical (unpaired) electrons. The maximum absolute atomic E-state index is 11.8. The van der Waals surface area contributed by atoms with E-state index in [-0.39, 0.29) is 5.95 Å². The summed E-state index contributed by atoms with van der Waals surface area (Å²) >= 11 is 0. The number of hydrogen-bond acceptors (Lipinski definition) is 6. The minimum atomic E-state index is -4.03. The fraction of sp³-hybridized carbons (Fsp3) is 0. The van der Waals surface area contributed by atoms with Crippen molar-refractivity contribution in [3.05, 3.63) is 36.4 Å². The van der Waals surface area contributed by atoms with Crippen molar-refractivity contribution in [2.24, 2.45) is 0 Å². The molecule has 2 heterocycles. The molecule has 0 aliphatic rings. The molecule has 0 amide bonds. The van der Waals surface area contributed by atoms with E-state index in [4.69, 9.17) is 5.11 Å².